The molecule has 1 heterocycles. The third-order valence-electron chi connectivity index (χ3n) is 5.62. The van der Waals surface area contributed by atoms with Crippen molar-refractivity contribution in [3.63, 3.8) is 0 Å². The van der Waals surface area contributed by atoms with Crippen LogP contribution in [0, 0.1) is 6.92 Å². The van der Waals surface area contributed by atoms with Crippen LogP contribution in [0.15, 0.2) is 54.6 Å². The van der Waals surface area contributed by atoms with Crippen molar-refractivity contribution in [1.82, 2.24) is 0 Å². The van der Waals surface area contributed by atoms with Gasteiger partial charge in [-0.15, -0.1) is 0 Å². The summed E-state index contributed by atoms with van der Waals surface area (Å²) < 4.78 is 4.90. The summed E-state index contributed by atoms with van der Waals surface area (Å²) in [5.41, 5.74) is 2.16. The first-order valence-corrected chi connectivity index (χ1v) is 9.54. The molecule has 5 aromatic carbocycles. The molecule has 0 saturated carbocycles. The molecule has 0 aromatic heterocycles. The lowest BCUT2D eigenvalue weighted by Gasteiger charge is -2.20. The van der Waals surface area contributed by atoms with E-state index in [9.17, 15) is 9.59 Å². The van der Waals surface area contributed by atoms with Gasteiger partial charge in [-0.25, -0.2) is 9.59 Å². The lowest BCUT2D eigenvalue weighted by atomic mass is 9.85. The average Bonchev–Trinajstić information content (AvgIpc) is 2.73. The average molecular weight is 366 g/mol. The zero-order valence-corrected chi connectivity index (χ0v) is 15.9. The fourth-order valence-corrected chi connectivity index (χ4v) is 4.48. The SMILES string of the molecule is CC.Cc1ccc2c3ccc4c5c(ccc(c6cccc1c62)c53)C(=O)OC4=O. The van der Waals surface area contributed by atoms with Crippen LogP contribution in [-0.4, -0.2) is 11.9 Å². The Morgan fingerprint density at radius 2 is 1.07 bits per heavy atom. The summed E-state index contributed by atoms with van der Waals surface area (Å²) >= 11 is 0. The third kappa shape index (κ3) is 1.93. The Kier molecular flexibility index (Phi) is 3.44. The first-order chi connectivity index (χ1) is 13.6. The standard InChI is InChI=1S/C23H12O3.C2H6/c1-11-5-6-14-16-8-10-18-21-17(22(24)26-23(18)25)9-7-15(20(16)21)13-4-2-3-12(11)19(13)14;1-2/h2-10H,1H3;1-2H3. The maximum absolute atomic E-state index is 12.2. The number of hydrogen-bond donors (Lipinski definition) is 0. The van der Waals surface area contributed by atoms with Crippen LogP contribution in [0.5, 0.6) is 0 Å². The van der Waals surface area contributed by atoms with E-state index in [4.69, 9.17) is 4.74 Å². The van der Waals surface area contributed by atoms with Crippen molar-refractivity contribution >= 4 is 55.0 Å². The number of esters is 2. The summed E-state index contributed by atoms with van der Waals surface area (Å²) in [6.45, 7) is 6.12. The van der Waals surface area contributed by atoms with Crippen molar-refractivity contribution < 1.29 is 14.3 Å². The monoisotopic (exact) mass is 366 g/mol. The second kappa shape index (κ2) is 5.77. The number of benzene rings is 5. The Morgan fingerprint density at radius 1 is 0.571 bits per heavy atom. The zero-order chi connectivity index (χ0) is 19.6. The molecule has 3 nitrogen and oxygen atoms in total. The quantitative estimate of drug-likeness (QED) is 0.138. The fourth-order valence-electron chi connectivity index (χ4n) is 4.48. The molecule has 3 heteroatoms. The van der Waals surface area contributed by atoms with E-state index < -0.39 is 11.9 Å². The van der Waals surface area contributed by atoms with Crippen molar-refractivity contribution in [2.75, 3.05) is 0 Å². The molecule has 0 amide bonds. The van der Waals surface area contributed by atoms with Gasteiger partial charge in [-0.3, -0.25) is 0 Å². The molecule has 0 saturated heterocycles. The van der Waals surface area contributed by atoms with E-state index in [1.54, 1.807) is 12.1 Å². The first kappa shape index (κ1) is 16.7. The molecule has 0 atom stereocenters. The highest BCUT2D eigenvalue weighted by molar-refractivity contribution is 6.37. The molecule has 0 fully saturated rings. The molecule has 136 valence electrons. The van der Waals surface area contributed by atoms with Gasteiger partial charge in [0.05, 0.1) is 11.1 Å². The van der Waals surface area contributed by atoms with Crippen LogP contribution in [0.3, 0.4) is 0 Å². The number of rotatable bonds is 0. The highest BCUT2D eigenvalue weighted by atomic mass is 16.6. The van der Waals surface area contributed by atoms with Crippen LogP contribution in [-0.2, 0) is 4.74 Å². The Labute approximate surface area is 161 Å². The van der Waals surface area contributed by atoms with Crippen molar-refractivity contribution in [2.45, 2.75) is 20.8 Å². The molecule has 0 N–H and O–H groups in total. The van der Waals surface area contributed by atoms with Crippen LogP contribution >= 0.6 is 0 Å². The number of carbonyl (C=O) groups is 2. The van der Waals surface area contributed by atoms with Crippen LogP contribution < -0.4 is 0 Å². The molecular weight excluding hydrogens is 348 g/mol. The molecule has 5 aromatic rings. The van der Waals surface area contributed by atoms with Gasteiger partial charge in [-0.1, -0.05) is 56.3 Å². The number of aryl methyl sites for hydroxylation is 1. The van der Waals surface area contributed by atoms with Gasteiger partial charge in [0.25, 0.3) is 0 Å². The van der Waals surface area contributed by atoms with Gasteiger partial charge in [-0.05, 0) is 62.3 Å². The fraction of sp³-hybridized carbons (Fsp3) is 0.120. The highest BCUT2D eigenvalue weighted by Gasteiger charge is 2.29. The van der Waals surface area contributed by atoms with Crippen LogP contribution in [0.1, 0.15) is 40.1 Å². The van der Waals surface area contributed by atoms with Crippen LogP contribution in [0.2, 0.25) is 0 Å². The topological polar surface area (TPSA) is 43.4 Å². The Bertz CT molecular complexity index is 1380. The molecule has 0 aliphatic carbocycles. The number of hydrogen-bond acceptors (Lipinski definition) is 3. The molecule has 28 heavy (non-hydrogen) atoms. The Balaban J connectivity index is 0.000000829. The summed E-state index contributed by atoms with van der Waals surface area (Å²) in [6.07, 6.45) is 0. The molecule has 1 aliphatic heterocycles. The first-order valence-electron chi connectivity index (χ1n) is 9.54. The van der Waals surface area contributed by atoms with E-state index in [0.717, 1.165) is 26.9 Å². The highest BCUT2D eigenvalue weighted by Crippen LogP contribution is 2.43. The largest absolute Gasteiger partial charge is 0.386 e. The molecule has 1 aliphatic rings. The molecular formula is C25H18O3. The van der Waals surface area contributed by atoms with Crippen molar-refractivity contribution in [3.8, 4) is 0 Å². The van der Waals surface area contributed by atoms with Gasteiger partial charge in [0, 0.05) is 5.39 Å². The van der Waals surface area contributed by atoms with Crippen molar-refractivity contribution in [2.24, 2.45) is 0 Å². The number of ether oxygens (including phenoxy) is 1. The van der Waals surface area contributed by atoms with Gasteiger partial charge in [0.15, 0.2) is 0 Å². The van der Waals surface area contributed by atoms with Crippen molar-refractivity contribution in [3.05, 3.63) is 71.3 Å². The lowest BCUT2D eigenvalue weighted by molar-refractivity contribution is 0.0391. The number of cyclic esters (lactones) is 2. The number of fused-ring (bicyclic) bond motifs is 2. The van der Waals surface area contributed by atoms with E-state index >= 15 is 0 Å². The van der Waals surface area contributed by atoms with Crippen LogP contribution in [0.25, 0.3) is 43.1 Å². The van der Waals surface area contributed by atoms with E-state index in [1.165, 1.54) is 16.3 Å². The third-order valence-corrected chi connectivity index (χ3v) is 5.62. The van der Waals surface area contributed by atoms with E-state index in [1.807, 2.05) is 26.0 Å². The van der Waals surface area contributed by atoms with E-state index in [2.05, 4.69) is 37.3 Å². The smallest absolute Gasteiger partial charge is 0.346 e. The summed E-state index contributed by atoms with van der Waals surface area (Å²) in [4.78, 5) is 24.5. The molecule has 0 unspecified atom stereocenters. The van der Waals surface area contributed by atoms with Gasteiger partial charge < -0.3 is 4.74 Å². The molecule has 0 spiro atoms. The van der Waals surface area contributed by atoms with Gasteiger partial charge in [0.1, 0.15) is 0 Å². The van der Waals surface area contributed by atoms with E-state index in [0.29, 0.717) is 16.5 Å². The van der Waals surface area contributed by atoms with Gasteiger partial charge >= 0.3 is 11.9 Å². The Morgan fingerprint density at radius 3 is 1.71 bits per heavy atom. The predicted octanol–water partition coefficient (Wildman–Crippen LogP) is 6.38. The minimum absolute atomic E-state index is 0.461. The van der Waals surface area contributed by atoms with E-state index in [-0.39, 0.29) is 0 Å². The summed E-state index contributed by atoms with van der Waals surface area (Å²) in [5.74, 6) is -1.14. The summed E-state index contributed by atoms with van der Waals surface area (Å²) in [7, 11) is 0. The Hall–Kier alpha value is -3.46. The van der Waals surface area contributed by atoms with Gasteiger partial charge in [-0.2, -0.15) is 0 Å². The summed E-state index contributed by atoms with van der Waals surface area (Å²) in [5, 5.41) is 8.55. The molecule has 6 rings (SSSR count). The maximum atomic E-state index is 12.2. The predicted molar refractivity (Wildman–Crippen MR) is 113 cm³/mol. The molecule has 0 bridgehead atoms. The summed E-state index contributed by atoms with van der Waals surface area (Å²) in [6, 6.07) is 18.1. The maximum Gasteiger partial charge on any atom is 0.346 e. The number of carbonyl (C=O) groups excluding carboxylic acids is 2. The normalized spacial score (nSPS) is 13.2. The zero-order valence-electron chi connectivity index (χ0n) is 15.9. The minimum Gasteiger partial charge on any atom is -0.386 e. The van der Waals surface area contributed by atoms with Crippen molar-refractivity contribution in [1.29, 1.82) is 0 Å². The molecule has 0 radical (unpaired) electrons. The minimum atomic E-state index is -0.570. The second-order valence-electron chi connectivity index (χ2n) is 6.91. The van der Waals surface area contributed by atoms with Gasteiger partial charge in [0.2, 0.25) is 0 Å². The van der Waals surface area contributed by atoms with Crippen LogP contribution in [0.4, 0.5) is 0 Å². The second-order valence-corrected chi connectivity index (χ2v) is 6.91. The lowest BCUT2D eigenvalue weighted by Crippen LogP contribution is -2.19.